The SMILES string of the molecule is Cc1ccc(Nc2cc(NC#N)ncn2)c(C)c1. The van der Waals surface area contributed by atoms with Crippen molar-refractivity contribution >= 4 is 17.3 Å². The van der Waals surface area contributed by atoms with E-state index in [4.69, 9.17) is 5.26 Å². The summed E-state index contributed by atoms with van der Waals surface area (Å²) >= 11 is 0. The smallest absolute Gasteiger partial charge is 0.182 e. The van der Waals surface area contributed by atoms with Gasteiger partial charge in [-0.3, -0.25) is 5.32 Å². The van der Waals surface area contributed by atoms with Crippen molar-refractivity contribution in [2.75, 3.05) is 10.6 Å². The average molecular weight is 239 g/mol. The van der Waals surface area contributed by atoms with Crippen LogP contribution in [0, 0.1) is 25.3 Å². The van der Waals surface area contributed by atoms with Gasteiger partial charge in [0.25, 0.3) is 0 Å². The van der Waals surface area contributed by atoms with Crippen LogP contribution in [0.3, 0.4) is 0 Å². The van der Waals surface area contributed by atoms with Gasteiger partial charge in [0.2, 0.25) is 0 Å². The maximum Gasteiger partial charge on any atom is 0.182 e. The van der Waals surface area contributed by atoms with E-state index < -0.39 is 0 Å². The predicted molar refractivity (Wildman–Crippen MR) is 70.5 cm³/mol. The van der Waals surface area contributed by atoms with Crippen molar-refractivity contribution in [2.45, 2.75) is 13.8 Å². The molecule has 1 aromatic heterocycles. The second-order valence-corrected chi connectivity index (χ2v) is 3.97. The van der Waals surface area contributed by atoms with Crippen LogP contribution >= 0.6 is 0 Å². The van der Waals surface area contributed by atoms with Gasteiger partial charge < -0.3 is 5.32 Å². The van der Waals surface area contributed by atoms with Crippen molar-refractivity contribution < 1.29 is 0 Å². The molecule has 0 bridgehead atoms. The molecular weight excluding hydrogens is 226 g/mol. The van der Waals surface area contributed by atoms with Crippen molar-refractivity contribution in [1.82, 2.24) is 9.97 Å². The lowest BCUT2D eigenvalue weighted by atomic mass is 10.1. The van der Waals surface area contributed by atoms with Crippen LogP contribution in [-0.4, -0.2) is 9.97 Å². The fourth-order valence-electron chi connectivity index (χ4n) is 1.64. The number of rotatable bonds is 3. The fourth-order valence-corrected chi connectivity index (χ4v) is 1.64. The second-order valence-electron chi connectivity index (χ2n) is 3.97. The zero-order valence-corrected chi connectivity index (χ0v) is 10.2. The van der Waals surface area contributed by atoms with E-state index in [1.54, 1.807) is 6.07 Å². The van der Waals surface area contributed by atoms with Crippen molar-refractivity contribution in [1.29, 1.82) is 5.26 Å². The number of aromatic nitrogens is 2. The van der Waals surface area contributed by atoms with Gasteiger partial charge >= 0.3 is 0 Å². The van der Waals surface area contributed by atoms with Gasteiger partial charge in [0.1, 0.15) is 18.0 Å². The number of aryl methyl sites for hydroxylation is 2. The monoisotopic (exact) mass is 239 g/mol. The first-order chi connectivity index (χ1) is 8.69. The van der Waals surface area contributed by atoms with Gasteiger partial charge in [-0.2, -0.15) is 5.26 Å². The Bertz CT molecular complexity index is 601. The third-order valence-corrected chi connectivity index (χ3v) is 2.50. The molecule has 0 atom stereocenters. The molecule has 1 aromatic carbocycles. The normalized spacial score (nSPS) is 9.61. The van der Waals surface area contributed by atoms with Crippen LogP contribution in [0.5, 0.6) is 0 Å². The highest BCUT2D eigenvalue weighted by Gasteiger charge is 2.01. The topological polar surface area (TPSA) is 73.6 Å². The van der Waals surface area contributed by atoms with Crippen LogP contribution < -0.4 is 10.6 Å². The first-order valence-corrected chi connectivity index (χ1v) is 5.50. The van der Waals surface area contributed by atoms with Gasteiger partial charge in [-0.1, -0.05) is 17.7 Å². The molecule has 1 heterocycles. The maximum absolute atomic E-state index is 8.53. The van der Waals surface area contributed by atoms with Crippen LogP contribution in [0.4, 0.5) is 17.3 Å². The highest BCUT2D eigenvalue weighted by molar-refractivity contribution is 5.62. The standard InChI is InChI=1S/C13H13N5/c1-9-3-4-11(10(2)5-9)18-13-6-12(15-7-14)16-8-17-13/h3-6,8H,1-2H3,(H2,15,16,17,18). The quantitative estimate of drug-likeness (QED) is 0.636. The van der Waals surface area contributed by atoms with Gasteiger partial charge in [0, 0.05) is 11.8 Å². The molecule has 18 heavy (non-hydrogen) atoms. The summed E-state index contributed by atoms with van der Waals surface area (Å²) < 4.78 is 0. The van der Waals surface area contributed by atoms with Crippen LogP contribution in [0.1, 0.15) is 11.1 Å². The molecule has 0 saturated heterocycles. The molecule has 0 radical (unpaired) electrons. The van der Waals surface area contributed by atoms with E-state index in [9.17, 15) is 0 Å². The Kier molecular flexibility index (Phi) is 3.39. The Morgan fingerprint density at radius 1 is 1.11 bits per heavy atom. The van der Waals surface area contributed by atoms with Gasteiger partial charge in [-0.15, -0.1) is 0 Å². The molecule has 2 N–H and O–H groups in total. The zero-order chi connectivity index (χ0) is 13.0. The Morgan fingerprint density at radius 2 is 1.89 bits per heavy atom. The molecule has 0 aliphatic rings. The second kappa shape index (κ2) is 5.15. The summed E-state index contributed by atoms with van der Waals surface area (Å²) in [6.45, 7) is 4.08. The lowest BCUT2D eigenvalue weighted by Crippen LogP contribution is -1.99. The summed E-state index contributed by atoms with van der Waals surface area (Å²) in [5.41, 5.74) is 3.35. The van der Waals surface area contributed by atoms with Gasteiger partial charge in [-0.25, -0.2) is 9.97 Å². The van der Waals surface area contributed by atoms with Crippen molar-refractivity contribution in [2.24, 2.45) is 0 Å². The van der Waals surface area contributed by atoms with E-state index in [-0.39, 0.29) is 0 Å². The number of nitriles is 1. The highest BCUT2D eigenvalue weighted by atomic mass is 15.1. The number of hydrogen-bond donors (Lipinski definition) is 2. The number of hydrogen-bond acceptors (Lipinski definition) is 5. The number of nitrogens with zero attached hydrogens (tertiary/aromatic N) is 3. The average Bonchev–Trinajstić information content (AvgIpc) is 2.34. The van der Waals surface area contributed by atoms with Crippen molar-refractivity contribution in [3.8, 4) is 6.19 Å². The van der Waals surface area contributed by atoms with Crippen LogP contribution in [0.15, 0.2) is 30.6 Å². The molecule has 5 heteroatoms. The molecule has 2 rings (SSSR count). The summed E-state index contributed by atoms with van der Waals surface area (Å²) in [5, 5.41) is 14.2. The molecule has 5 nitrogen and oxygen atoms in total. The van der Waals surface area contributed by atoms with Gasteiger partial charge in [0.15, 0.2) is 6.19 Å². The van der Waals surface area contributed by atoms with E-state index in [0.29, 0.717) is 11.6 Å². The summed E-state index contributed by atoms with van der Waals surface area (Å²) in [4.78, 5) is 8.03. The van der Waals surface area contributed by atoms with E-state index in [1.165, 1.54) is 11.9 Å². The Hall–Kier alpha value is -2.61. The van der Waals surface area contributed by atoms with Crippen LogP contribution in [0.2, 0.25) is 0 Å². The largest absolute Gasteiger partial charge is 0.340 e. The molecule has 0 fully saturated rings. The van der Waals surface area contributed by atoms with E-state index in [2.05, 4.69) is 33.6 Å². The minimum atomic E-state index is 0.472. The molecule has 0 amide bonds. The summed E-state index contributed by atoms with van der Waals surface area (Å²) in [5.74, 6) is 1.12. The van der Waals surface area contributed by atoms with Crippen LogP contribution in [-0.2, 0) is 0 Å². The molecule has 0 saturated carbocycles. The summed E-state index contributed by atoms with van der Waals surface area (Å²) in [7, 11) is 0. The number of nitrogens with one attached hydrogen (secondary N) is 2. The maximum atomic E-state index is 8.53. The van der Waals surface area contributed by atoms with E-state index in [1.807, 2.05) is 25.2 Å². The number of benzene rings is 1. The van der Waals surface area contributed by atoms with Crippen molar-refractivity contribution in [3.05, 3.63) is 41.7 Å². The lowest BCUT2D eigenvalue weighted by Gasteiger charge is -2.09. The van der Waals surface area contributed by atoms with Crippen molar-refractivity contribution in [3.63, 3.8) is 0 Å². The van der Waals surface area contributed by atoms with Gasteiger partial charge in [-0.05, 0) is 25.5 Å². The van der Waals surface area contributed by atoms with Crippen LogP contribution in [0.25, 0.3) is 0 Å². The first-order valence-electron chi connectivity index (χ1n) is 5.50. The summed E-state index contributed by atoms with van der Waals surface area (Å²) in [6.07, 6.45) is 3.23. The highest BCUT2D eigenvalue weighted by Crippen LogP contribution is 2.20. The Labute approximate surface area is 106 Å². The minimum Gasteiger partial charge on any atom is -0.340 e. The molecule has 90 valence electrons. The van der Waals surface area contributed by atoms with E-state index in [0.717, 1.165) is 11.3 Å². The minimum absolute atomic E-state index is 0.472. The van der Waals surface area contributed by atoms with E-state index >= 15 is 0 Å². The first kappa shape index (κ1) is 11.9. The lowest BCUT2D eigenvalue weighted by molar-refractivity contribution is 1.16. The molecular formula is C13H13N5. The third-order valence-electron chi connectivity index (χ3n) is 2.50. The fraction of sp³-hybridized carbons (Fsp3) is 0.154. The Balaban J connectivity index is 2.23. The Morgan fingerprint density at radius 3 is 2.61 bits per heavy atom. The number of anilines is 3. The molecule has 0 aliphatic carbocycles. The van der Waals surface area contributed by atoms with Gasteiger partial charge in [0.05, 0.1) is 0 Å². The molecule has 0 aliphatic heterocycles. The molecule has 2 aromatic rings. The molecule has 0 unspecified atom stereocenters. The predicted octanol–water partition coefficient (Wildman–Crippen LogP) is 2.73. The summed E-state index contributed by atoms with van der Waals surface area (Å²) in [6, 6.07) is 7.82. The third kappa shape index (κ3) is 2.74. The molecule has 0 spiro atoms. The zero-order valence-electron chi connectivity index (χ0n) is 10.2.